The molecule has 1 aromatic carbocycles. The van der Waals surface area contributed by atoms with Gasteiger partial charge in [-0.2, -0.15) is 5.10 Å². The molecule has 0 aliphatic rings. The highest BCUT2D eigenvalue weighted by molar-refractivity contribution is 7.18. The molecule has 0 saturated heterocycles. The van der Waals surface area contributed by atoms with Gasteiger partial charge in [0, 0.05) is 12.1 Å². The molecule has 3 rings (SSSR count). The van der Waals surface area contributed by atoms with Crippen LogP contribution in [-0.2, 0) is 0 Å². The Labute approximate surface area is 118 Å². The molecular formula is C13H10N4O2S. The lowest BCUT2D eigenvalue weighted by molar-refractivity contribution is -0.380. The monoisotopic (exact) mass is 286 g/mol. The van der Waals surface area contributed by atoms with Gasteiger partial charge in [0.25, 0.3) is 0 Å². The van der Waals surface area contributed by atoms with Crippen LogP contribution in [0.15, 0.2) is 48.5 Å². The van der Waals surface area contributed by atoms with Crippen LogP contribution in [0.4, 0.5) is 10.8 Å². The maximum Gasteiger partial charge on any atom is 0.324 e. The highest BCUT2D eigenvalue weighted by Crippen LogP contribution is 2.33. The summed E-state index contributed by atoms with van der Waals surface area (Å²) in [4.78, 5) is 11.0. The van der Waals surface area contributed by atoms with Crippen molar-refractivity contribution in [3.8, 4) is 16.3 Å². The molecule has 2 aromatic heterocycles. The summed E-state index contributed by atoms with van der Waals surface area (Å²) < 4.78 is 1.61. The second-order valence-corrected chi connectivity index (χ2v) is 5.16. The number of para-hydroxylation sites is 1. The van der Waals surface area contributed by atoms with Crippen LogP contribution >= 0.6 is 11.3 Å². The van der Waals surface area contributed by atoms with Crippen LogP contribution in [0.2, 0.25) is 0 Å². The minimum atomic E-state index is -0.411. The average Bonchev–Trinajstić information content (AvgIpc) is 3.06. The molecule has 20 heavy (non-hydrogen) atoms. The van der Waals surface area contributed by atoms with Crippen molar-refractivity contribution in [3.63, 3.8) is 0 Å². The Morgan fingerprint density at radius 1 is 1.20 bits per heavy atom. The molecule has 0 unspecified atom stereocenters. The molecule has 6 nitrogen and oxygen atoms in total. The maximum atomic E-state index is 10.7. The summed E-state index contributed by atoms with van der Waals surface area (Å²) in [6.07, 6.45) is 0. The molecule has 0 atom stereocenters. The van der Waals surface area contributed by atoms with Gasteiger partial charge >= 0.3 is 5.00 Å². The highest BCUT2D eigenvalue weighted by atomic mass is 32.1. The third kappa shape index (κ3) is 2.14. The summed E-state index contributed by atoms with van der Waals surface area (Å²) in [5, 5.41) is 15.2. The van der Waals surface area contributed by atoms with Crippen molar-refractivity contribution >= 4 is 22.2 Å². The minimum Gasteiger partial charge on any atom is -0.384 e. The van der Waals surface area contributed by atoms with E-state index in [0.29, 0.717) is 11.5 Å². The fraction of sp³-hybridized carbons (Fsp3) is 0. The number of benzene rings is 1. The van der Waals surface area contributed by atoms with Gasteiger partial charge in [0.05, 0.1) is 15.5 Å². The summed E-state index contributed by atoms with van der Waals surface area (Å²) in [6, 6.07) is 14.3. The first kappa shape index (κ1) is 12.4. The molecule has 0 spiro atoms. The van der Waals surface area contributed by atoms with Crippen LogP contribution in [0, 0.1) is 10.1 Å². The Morgan fingerprint density at radius 3 is 2.60 bits per heavy atom. The van der Waals surface area contributed by atoms with Crippen molar-refractivity contribution < 1.29 is 4.92 Å². The molecule has 7 heteroatoms. The van der Waals surface area contributed by atoms with E-state index in [2.05, 4.69) is 5.10 Å². The first-order valence-electron chi connectivity index (χ1n) is 5.81. The Hall–Kier alpha value is -2.67. The van der Waals surface area contributed by atoms with E-state index in [9.17, 15) is 10.1 Å². The van der Waals surface area contributed by atoms with Crippen LogP contribution in [-0.4, -0.2) is 14.7 Å². The molecule has 100 valence electrons. The van der Waals surface area contributed by atoms with Crippen molar-refractivity contribution in [1.82, 2.24) is 9.78 Å². The zero-order valence-electron chi connectivity index (χ0n) is 10.3. The van der Waals surface area contributed by atoms with Crippen LogP contribution in [0.25, 0.3) is 16.3 Å². The van der Waals surface area contributed by atoms with Gasteiger partial charge in [-0.05, 0) is 18.2 Å². The average molecular weight is 286 g/mol. The summed E-state index contributed by atoms with van der Waals surface area (Å²) in [5.74, 6) is 0.488. The number of thiophene rings is 1. The molecule has 2 N–H and O–H groups in total. The fourth-order valence-electron chi connectivity index (χ4n) is 1.86. The molecule has 0 bridgehead atoms. The smallest absolute Gasteiger partial charge is 0.324 e. The molecule has 2 heterocycles. The van der Waals surface area contributed by atoms with Crippen molar-refractivity contribution in [3.05, 3.63) is 58.6 Å². The lowest BCUT2D eigenvalue weighted by atomic mass is 10.3. The number of rotatable bonds is 3. The summed E-state index contributed by atoms with van der Waals surface area (Å²) >= 11 is 1.08. The van der Waals surface area contributed by atoms with Gasteiger partial charge < -0.3 is 5.73 Å². The number of hydrogen-bond donors (Lipinski definition) is 1. The van der Waals surface area contributed by atoms with Gasteiger partial charge in [-0.15, -0.1) is 0 Å². The predicted molar refractivity (Wildman–Crippen MR) is 77.9 cm³/mol. The second kappa shape index (κ2) is 4.78. The number of hydrogen-bond acceptors (Lipinski definition) is 5. The SMILES string of the molecule is Nc1cc(-c2ccc([N+](=O)[O-])s2)nn1-c1ccccc1. The molecule has 0 saturated carbocycles. The number of nitrogen functional groups attached to an aromatic ring is 1. The van der Waals surface area contributed by atoms with E-state index < -0.39 is 4.92 Å². The standard InChI is InChI=1S/C13H10N4O2S/c14-12-8-10(11-6-7-13(20-11)17(18)19)15-16(12)9-4-2-1-3-5-9/h1-8H,14H2. The van der Waals surface area contributed by atoms with Crippen LogP contribution in [0.1, 0.15) is 0 Å². The Bertz CT molecular complexity index is 764. The van der Waals surface area contributed by atoms with E-state index >= 15 is 0 Å². The van der Waals surface area contributed by atoms with E-state index in [4.69, 9.17) is 5.73 Å². The van der Waals surface area contributed by atoms with Gasteiger partial charge in [-0.25, -0.2) is 4.68 Å². The normalized spacial score (nSPS) is 10.6. The Balaban J connectivity index is 2.02. The maximum absolute atomic E-state index is 10.7. The van der Waals surface area contributed by atoms with E-state index in [0.717, 1.165) is 21.9 Å². The largest absolute Gasteiger partial charge is 0.384 e. The van der Waals surface area contributed by atoms with Crippen molar-refractivity contribution in [2.45, 2.75) is 0 Å². The van der Waals surface area contributed by atoms with Crippen molar-refractivity contribution in [2.75, 3.05) is 5.73 Å². The van der Waals surface area contributed by atoms with Crippen molar-refractivity contribution in [2.24, 2.45) is 0 Å². The molecule has 0 aliphatic carbocycles. The van der Waals surface area contributed by atoms with Crippen LogP contribution in [0.5, 0.6) is 0 Å². The summed E-state index contributed by atoms with van der Waals surface area (Å²) in [5.41, 5.74) is 7.43. The molecule has 0 aliphatic heterocycles. The zero-order chi connectivity index (χ0) is 14.1. The van der Waals surface area contributed by atoms with Gasteiger partial charge in [-0.1, -0.05) is 29.5 Å². The lowest BCUT2D eigenvalue weighted by Crippen LogP contribution is -2.00. The minimum absolute atomic E-state index is 0.0906. The van der Waals surface area contributed by atoms with Gasteiger partial charge in [0.2, 0.25) is 0 Å². The van der Waals surface area contributed by atoms with Gasteiger partial charge in [-0.3, -0.25) is 10.1 Å². The van der Waals surface area contributed by atoms with Crippen molar-refractivity contribution in [1.29, 1.82) is 0 Å². The molecule has 0 amide bonds. The summed E-state index contributed by atoms with van der Waals surface area (Å²) in [6.45, 7) is 0. The molecule has 3 aromatic rings. The van der Waals surface area contributed by atoms with Gasteiger partial charge in [0.15, 0.2) is 0 Å². The van der Waals surface area contributed by atoms with E-state index in [1.165, 1.54) is 6.07 Å². The summed E-state index contributed by atoms with van der Waals surface area (Å²) in [7, 11) is 0. The third-order valence-corrected chi connectivity index (χ3v) is 3.82. The Morgan fingerprint density at radius 2 is 1.95 bits per heavy atom. The number of nitro groups is 1. The highest BCUT2D eigenvalue weighted by Gasteiger charge is 2.15. The van der Waals surface area contributed by atoms with E-state index in [-0.39, 0.29) is 5.00 Å². The Kier molecular flexibility index (Phi) is 2.96. The molecular weight excluding hydrogens is 276 g/mol. The van der Waals surface area contributed by atoms with Gasteiger partial charge in [0.1, 0.15) is 11.5 Å². The zero-order valence-corrected chi connectivity index (χ0v) is 11.1. The van der Waals surface area contributed by atoms with Crippen LogP contribution in [0.3, 0.4) is 0 Å². The first-order chi connectivity index (χ1) is 9.65. The molecule has 0 fully saturated rings. The number of nitrogens with zero attached hydrogens (tertiary/aromatic N) is 3. The van der Waals surface area contributed by atoms with Crippen LogP contribution < -0.4 is 5.73 Å². The van der Waals surface area contributed by atoms with E-state index in [1.54, 1.807) is 16.8 Å². The number of aromatic nitrogens is 2. The first-order valence-corrected chi connectivity index (χ1v) is 6.62. The predicted octanol–water partition coefficient (Wildman–Crippen LogP) is 3.09. The number of anilines is 1. The fourth-order valence-corrected chi connectivity index (χ4v) is 2.63. The third-order valence-electron chi connectivity index (χ3n) is 2.76. The molecule has 0 radical (unpaired) electrons. The number of nitrogens with two attached hydrogens (primary N) is 1. The topological polar surface area (TPSA) is 87.0 Å². The van der Waals surface area contributed by atoms with E-state index in [1.807, 2.05) is 30.3 Å². The quantitative estimate of drug-likeness (QED) is 0.592. The lowest BCUT2D eigenvalue weighted by Gasteiger charge is -2.02. The second-order valence-electron chi connectivity index (χ2n) is 4.10.